The lowest BCUT2D eigenvalue weighted by Crippen LogP contribution is -2.70. The first-order valence-corrected chi connectivity index (χ1v) is 15.4. The van der Waals surface area contributed by atoms with E-state index >= 15 is 8.78 Å². The van der Waals surface area contributed by atoms with Crippen molar-refractivity contribution >= 4 is 34.6 Å². The molecule has 3 saturated carbocycles. The van der Waals surface area contributed by atoms with Crippen LogP contribution in [0.25, 0.3) is 0 Å². The molecule has 0 aromatic heterocycles. The first kappa shape index (κ1) is 29.0. The van der Waals surface area contributed by atoms with Crippen molar-refractivity contribution in [3.8, 4) is 0 Å². The van der Waals surface area contributed by atoms with E-state index in [-0.39, 0.29) is 37.9 Å². The molecule has 0 radical (unpaired) electrons. The molecule has 0 spiro atoms. The zero-order valence-electron chi connectivity index (χ0n) is 23.2. The summed E-state index contributed by atoms with van der Waals surface area (Å²) in [6, 6.07) is 0. The SMILES string of the molecule is C[C@]12C=CC(=O)C=C1[C@@H](F)C[C@H]1[C@@H]3CC[C@](OC(=O)C4CCOCC4)(C(=O)S[C@H]4CCOC4=O)[C@@]3(C)C[C@H](O)[C@@]12F. The molecular weight excluding hydrogens is 558 g/mol. The Bertz CT molecular complexity index is 1230. The van der Waals surface area contributed by atoms with Crippen LogP contribution in [0.4, 0.5) is 8.78 Å². The second-order valence-corrected chi connectivity index (χ2v) is 14.1. The van der Waals surface area contributed by atoms with Gasteiger partial charge in [-0.3, -0.25) is 19.2 Å². The molecule has 6 rings (SSSR count). The standard InChI is InChI=1S/C30H36F2O8S/c1-27-8-3-17(33)13-20(27)21(31)14-19-18-4-9-29(26(37)41-22-7-12-39-25(22)36,28(18,2)15-23(34)30(19,27)32)40-24(35)16-5-10-38-11-6-16/h3,8,13,16,18-19,21-23,34H,4-7,9-12,14-15H2,1-2H3/t18-,19-,21-,22-,23-,27-,28-,29-,30-/m0/s1. The minimum Gasteiger partial charge on any atom is -0.465 e. The number of aliphatic hydroxyl groups excluding tert-OH is 1. The number of ketones is 1. The van der Waals surface area contributed by atoms with Crippen LogP contribution >= 0.6 is 11.8 Å². The molecule has 1 N–H and O–H groups in total. The Morgan fingerprint density at radius 2 is 1.83 bits per heavy atom. The number of allylic oxidation sites excluding steroid dienone is 4. The highest BCUT2D eigenvalue weighted by molar-refractivity contribution is 8.14. The summed E-state index contributed by atoms with van der Waals surface area (Å²) in [5.74, 6) is -3.59. The number of carbonyl (C=O) groups is 4. The minimum atomic E-state index is -2.31. The van der Waals surface area contributed by atoms with Crippen LogP contribution in [0.15, 0.2) is 23.8 Å². The van der Waals surface area contributed by atoms with Crippen molar-refractivity contribution in [3.05, 3.63) is 23.8 Å². The van der Waals surface area contributed by atoms with Crippen LogP contribution in [0.5, 0.6) is 0 Å². The van der Waals surface area contributed by atoms with Gasteiger partial charge in [0.15, 0.2) is 17.1 Å². The van der Waals surface area contributed by atoms with Crippen LogP contribution in [0.3, 0.4) is 0 Å². The van der Waals surface area contributed by atoms with Crippen LogP contribution in [0.2, 0.25) is 0 Å². The van der Waals surface area contributed by atoms with E-state index in [0.29, 0.717) is 32.5 Å². The number of fused-ring (bicyclic) bond motifs is 5. The number of hydrogen-bond donors (Lipinski definition) is 1. The van der Waals surface area contributed by atoms with Crippen molar-refractivity contribution in [2.24, 2.45) is 28.6 Å². The third-order valence-electron chi connectivity index (χ3n) is 11.0. The molecule has 224 valence electrons. The molecule has 2 saturated heterocycles. The molecule has 0 unspecified atom stereocenters. The van der Waals surface area contributed by atoms with Crippen molar-refractivity contribution in [2.75, 3.05) is 19.8 Å². The number of thioether (sulfide) groups is 1. The van der Waals surface area contributed by atoms with Crippen LogP contribution in [0.1, 0.15) is 58.8 Å². The van der Waals surface area contributed by atoms with Gasteiger partial charge in [-0.2, -0.15) is 0 Å². The number of esters is 2. The third-order valence-corrected chi connectivity index (χ3v) is 12.3. The van der Waals surface area contributed by atoms with Crippen molar-refractivity contribution in [1.29, 1.82) is 0 Å². The maximum atomic E-state index is 17.5. The third kappa shape index (κ3) is 4.04. The fraction of sp³-hybridized carbons (Fsp3) is 0.733. The second-order valence-electron chi connectivity index (χ2n) is 12.9. The van der Waals surface area contributed by atoms with Crippen LogP contribution in [-0.4, -0.2) is 76.6 Å². The number of carbonyl (C=O) groups excluding carboxylic acids is 4. The molecule has 8 nitrogen and oxygen atoms in total. The molecule has 11 heteroatoms. The van der Waals surface area contributed by atoms with E-state index in [4.69, 9.17) is 14.2 Å². The summed E-state index contributed by atoms with van der Waals surface area (Å²) in [7, 11) is 0. The van der Waals surface area contributed by atoms with E-state index in [1.54, 1.807) is 6.92 Å². The Labute approximate surface area is 241 Å². The van der Waals surface area contributed by atoms with Gasteiger partial charge in [-0.05, 0) is 69.1 Å². The fourth-order valence-electron chi connectivity index (χ4n) is 8.73. The van der Waals surface area contributed by atoms with Gasteiger partial charge in [0.2, 0.25) is 5.12 Å². The van der Waals surface area contributed by atoms with Gasteiger partial charge in [0.05, 0.1) is 18.6 Å². The molecule has 5 fully saturated rings. The number of cyclic esters (lactones) is 1. The predicted octanol–water partition coefficient (Wildman–Crippen LogP) is 3.59. The number of hydrogen-bond acceptors (Lipinski definition) is 9. The molecule has 0 amide bonds. The zero-order valence-corrected chi connectivity index (χ0v) is 24.1. The Morgan fingerprint density at radius 3 is 2.51 bits per heavy atom. The normalized spacial score (nSPS) is 45.8. The van der Waals surface area contributed by atoms with E-state index in [0.717, 1.165) is 17.8 Å². The first-order valence-electron chi connectivity index (χ1n) is 14.5. The molecule has 0 bridgehead atoms. The maximum Gasteiger partial charge on any atom is 0.319 e. The molecule has 41 heavy (non-hydrogen) atoms. The van der Waals surface area contributed by atoms with Crippen molar-refractivity contribution in [1.82, 2.24) is 0 Å². The molecule has 2 heterocycles. The molecular formula is C30H36F2O8S. The molecule has 2 aliphatic heterocycles. The van der Waals surface area contributed by atoms with Gasteiger partial charge in [-0.15, -0.1) is 0 Å². The number of rotatable bonds is 4. The lowest BCUT2D eigenvalue weighted by Gasteiger charge is -2.63. The number of alkyl halides is 2. The lowest BCUT2D eigenvalue weighted by atomic mass is 9.44. The van der Waals surface area contributed by atoms with Crippen LogP contribution in [0, 0.1) is 28.6 Å². The maximum absolute atomic E-state index is 17.5. The summed E-state index contributed by atoms with van der Waals surface area (Å²) in [5.41, 5.74) is -6.82. The Hall–Kier alpha value is -2.11. The largest absolute Gasteiger partial charge is 0.465 e. The highest BCUT2D eigenvalue weighted by Crippen LogP contribution is 2.71. The number of halogens is 2. The van der Waals surface area contributed by atoms with E-state index in [2.05, 4.69) is 0 Å². The van der Waals surface area contributed by atoms with Crippen molar-refractivity contribution < 1.29 is 47.3 Å². The van der Waals surface area contributed by atoms with Gasteiger partial charge in [-0.1, -0.05) is 24.8 Å². The predicted molar refractivity (Wildman–Crippen MR) is 143 cm³/mol. The van der Waals surface area contributed by atoms with Crippen molar-refractivity contribution in [2.45, 2.75) is 87.6 Å². The monoisotopic (exact) mass is 594 g/mol. The molecule has 0 aromatic carbocycles. The highest BCUT2D eigenvalue weighted by atomic mass is 32.2. The average molecular weight is 595 g/mol. The van der Waals surface area contributed by atoms with Gasteiger partial charge in [0.25, 0.3) is 0 Å². The summed E-state index contributed by atoms with van der Waals surface area (Å²) >= 11 is 0.780. The Balaban J connectivity index is 1.40. The molecule has 4 aliphatic carbocycles. The molecule has 6 aliphatic rings. The molecule has 9 atom stereocenters. The fourth-order valence-corrected chi connectivity index (χ4v) is 9.94. The van der Waals surface area contributed by atoms with E-state index in [9.17, 15) is 24.3 Å². The van der Waals surface area contributed by atoms with E-state index in [1.807, 2.05) is 0 Å². The van der Waals surface area contributed by atoms with E-state index < -0.39 is 80.2 Å². The summed E-state index contributed by atoms with van der Waals surface area (Å²) in [6.07, 6.45) is 1.54. The Kier molecular flexibility index (Phi) is 7.05. The Morgan fingerprint density at radius 1 is 1.10 bits per heavy atom. The summed E-state index contributed by atoms with van der Waals surface area (Å²) < 4.78 is 50.0. The topological polar surface area (TPSA) is 116 Å². The second kappa shape index (κ2) is 9.98. The summed E-state index contributed by atoms with van der Waals surface area (Å²) in [4.78, 5) is 52.2. The number of aliphatic hydroxyl groups is 1. The van der Waals surface area contributed by atoms with Gasteiger partial charge in [0.1, 0.15) is 11.4 Å². The van der Waals surface area contributed by atoms with E-state index in [1.165, 1.54) is 19.1 Å². The average Bonchev–Trinajstić information content (AvgIpc) is 3.47. The van der Waals surface area contributed by atoms with Gasteiger partial charge in [-0.25, -0.2) is 8.78 Å². The van der Waals surface area contributed by atoms with Gasteiger partial charge in [0, 0.05) is 36.4 Å². The summed E-state index contributed by atoms with van der Waals surface area (Å²) in [5, 5.41) is 10.4. The number of ether oxygens (including phenoxy) is 3. The van der Waals surface area contributed by atoms with Gasteiger partial charge >= 0.3 is 11.9 Å². The van der Waals surface area contributed by atoms with Gasteiger partial charge < -0.3 is 19.3 Å². The molecule has 0 aromatic rings. The highest BCUT2D eigenvalue weighted by Gasteiger charge is 2.76. The smallest absolute Gasteiger partial charge is 0.319 e. The first-order chi connectivity index (χ1) is 19.4. The minimum absolute atomic E-state index is 0.0213. The zero-order chi connectivity index (χ0) is 29.4. The van der Waals surface area contributed by atoms with Crippen LogP contribution < -0.4 is 0 Å². The quantitative estimate of drug-likeness (QED) is 0.488. The summed E-state index contributed by atoms with van der Waals surface area (Å²) in [6.45, 7) is 4.21. The lowest BCUT2D eigenvalue weighted by molar-refractivity contribution is -0.228. The van der Waals surface area contributed by atoms with Crippen molar-refractivity contribution in [3.63, 3.8) is 0 Å². The van der Waals surface area contributed by atoms with Crippen LogP contribution in [-0.2, 0) is 33.4 Å².